The average Bonchev–Trinajstić information content (AvgIpc) is 3.56. The number of rotatable bonds is 4. The molecule has 5 heteroatoms. The van der Waals surface area contributed by atoms with Gasteiger partial charge in [-0.25, -0.2) is 0 Å². The molecule has 0 unspecified atom stereocenters. The Kier molecular flexibility index (Phi) is 3.93. The second kappa shape index (κ2) is 6.58. The molecule has 2 aliphatic rings. The quantitative estimate of drug-likeness (QED) is 0.768. The topological polar surface area (TPSA) is 60.5 Å². The molecule has 1 aliphatic carbocycles. The third-order valence-corrected chi connectivity index (χ3v) is 5.06. The minimum atomic E-state index is -0.0927. The Morgan fingerprint density at radius 3 is 2.81 bits per heavy atom. The molecule has 1 fully saturated rings. The fourth-order valence-corrected chi connectivity index (χ4v) is 3.52. The van der Waals surface area contributed by atoms with Gasteiger partial charge in [-0.1, -0.05) is 30.3 Å². The van der Waals surface area contributed by atoms with Crippen molar-refractivity contribution in [2.24, 2.45) is 0 Å². The SMILES string of the molecule is O=C(NCc1cccc2c1OCCO2)c1cc(C2CC2)nc2ccccc12. The van der Waals surface area contributed by atoms with Gasteiger partial charge < -0.3 is 14.8 Å². The van der Waals surface area contributed by atoms with Crippen LogP contribution in [0.1, 0.15) is 40.4 Å². The molecule has 5 nitrogen and oxygen atoms in total. The maximum Gasteiger partial charge on any atom is 0.252 e. The summed E-state index contributed by atoms with van der Waals surface area (Å²) >= 11 is 0. The molecule has 0 atom stereocenters. The molecule has 2 aromatic carbocycles. The highest BCUT2D eigenvalue weighted by atomic mass is 16.6. The number of carbonyl (C=O) groups is 1. The van der Waals surface area contributed by atoms with Crippen LogP contribution < -0.4 is 14.8 Å². The average molecular weight is 360 g/mol. The summed E-state index contributed by atoms with van der Waals surface area (Å²) in [6.45, 7) is 1.47. The van der Waals surface area contributed by atoms with E-state index in [0.717, 1.165) is 46.5 Å². The van der Waals surface area contributed by atoms with Crippen LogP contribution in [0, 0.1) is 0 Å². The molecule has 27 heavy (non-hydrogen) atoms. The van der Waals surface area contributed by atoms with Gasteiger partial charge in [0.15, 0.2) is 11.5 Å². The molecular weight excluding hydrogens is 340 g/mol. The minimum Gasteiger partial charge on any atom is -0.486 e. The Morgan fingerprint density at radius 2 is 1.93 bits per heavy atom. The van der Waals surface area contributed by atoms with E-state index in [2.05, 4.69) is 5.32 Å². The molecule has 1 saturated carbocycles. The molecule has 2 heterocycles. The van der Waals surface area contributed by atoms with Crippen molar-refractivity contribution in [3.8, 4) is 11.5 Å². The summed E-state index contributed by atoms with van der Waals surface area (Å²) in [5.74, 6) is 1.86. The zero-order valence-electron chi connectivity index (χ0n) is 14.9. The molecule has 1 aliphatic heterocycles. The molecule has 1 amide bonds. The summed E-state index contributed by atoms with van der Waals surface area (Å²) in [6.07, 6.45) is 2.31. The molecule has 0 spiro atoms. The maximum atomic E-state index is 13.0. The number of pyridine rings is 1. The number of carbonyl (C=O) groups excluding carboxylic acids is 1. The number of nitrogens with zero attached hydrogens (tertiary/aromatic N) is 1. The highest BCUT2D eigenvalue weighted by molar-refractivity contribution is 6.06. The third-order valence-electron chi connectivity index (χ3n) is 5.06. The lowest BCUT2D eigenvalue weighted by Gasteiger charge is -2.21. The molecule has 0 saturated heterocycles. The summed E-state index contributed by atoms with van der Waals surface area (Å²) in [5.41, 5.74) is 3.50. The highest BCUT2D eigenvalue weighted by Gasteiger charge is 2.27. The van der Waals surface area contributed by atoms with Crippen LogP contribution in [0.5, 0.6) is 11.5 Å². The molecule has 3 aromatic rings. The number of ether oxygens (including phenoxy) is 2. The number of benzene rings is 2. The van der Waals surface area contributed by atoms with Crippen molar-refractivity contribution in [3.05, 3.63) is 65.4 Å². The number of amides is 1. The second-order valence-corrected chi connectivity index (χ2v) is 7.01. The lowest BCUT2D eigenvalue weighted by molar-refractivity contribution is 0.0951. The molecule has 1 N–H and O–H groups in total. The first-order valence-electron chi connectivity index (χ1n) is 9.35. The van der Waals surface area contributed by atoms with Crippen LogP contribution in [0.2, 0.25) is 0 Å². The zero-order chi connectivity index (χ0) is 18.2. The number of nitrogens with one attached hydrogen (secondary N) is 1. The van der Waals surface area contributed by atoms with Gasteiger partial charge in [0.05, 0.1) is 11.1 Å². The summed E-state index contributed by atoms with van der Waals surface area (Å²) in [4.78, 5) is 17.7. The van der Waals surface area contributed by atoms with Gasteiger partial charge in [-0.15, -0.1) is 0 Å². The molecule has 0 bridgehead atoms. The van der Waals surface area contributed by atoms with Crippen LogP contribution in [-0.2, 0) is 6.54 Å². The lowest BCUT2D eigenvalue weighted by Crippen LogP contribution is -2.25. The van der Waals surface area contributed by atoms with Crippen molar-refractivity contribution >= 4 is 16.8 Å². The van der Waals surface area contributed by atoms with Crippen LogP contribution in [0.25, 0.3) is 10.9 Å². The van der Waals surface area contributed by atoms with Crippen molar-refractivity contribution in [3.63, 3.8) is 0 Å². The van der Waals surface area contributed by atoms with Gasteiger partial charge in [0, 0.05) is 29.1 Å². The summed E-state index contributed by atoms with van der Waals surface area (Å²) in [5, 5.41) is 3.93. The standard InChI is InChI=1S/C22H20N2O3/c25-22(23-13-15-4-3-7-20-21(15)27-11-10-26-20)17-12-19(14-8-9-14)24-18-6-2-1-5-16(17)18/h1-7,12,14H,8-11,13H2,(H,23,25). The highest BCUT2D eigenvalue weighted by Crippen LogP contribution is 2.40. The Labute approximate surface area is 157 Å². The van der Waals surface area contributed by atoms with Crippen LogP contribution in [0.4, 0.5) is 0 Å². The number of para-hydroxylation sites is 2. The first-order valence-corrected chi connectivity index (χ1v) is 9.35. The van der Waals surface area contributed by atoms with Gasteiger partial charge in [-0.3, -0.25) is 9.78 Å². The number of fused-ring (bicyclic) bond motifs is 2. The Morgan fingerprint density at radius 1 is 1.07 bits per heavy atom. The van der Waals surface area contributed by atoms with Crippen LogP contribution >= 0.6 is 0 Å². The largest absolute Gasteiger partial charge is 0.486 e. The maximum absolute atomic E-state index is 13.0. The molecule has 1 aromatic heterocycles. The Hall–Kier alpha value is -3.08. The Balaban J connectivity index is 1.43. The van der Waals surface area contributed by atoms with E-state index in [1.54, 1.807) is 0 Å². The van der Waals surface area contributed by atoms with E-state index in [4.69, 9.17) is 14.5 Å². The van der Waals surface area contributed by atoms with Gasteiger partial charge in [-0.05, 0) is 31.0 Å². The van der Waals surface area contributed by atoms with E-state index in [1.807, 2.05) is 48.5 Å². The van der Waals surface area contributed by atoms with Gasteiger partial charge in [0.2, 0.25) is 0 Å². The summed E-state index contributed by atoms with van der Waals surface area (Å²) in [6, 6.07) is 15.5. The zero-order valence-corrected chi connectivity index (χ0v) is 14.9. The monoisotopic (exact) mass is 360 g/mol. The molecule has 136 valence electrons. The van der Waals surface area contributed by atoms with Crippen molar-refractivity contribution in [2.75, 3.05) is 13.2 Å². The first kappa shape index (κ1) is 16.1. The van der Waals surface area contributed by atoms with E-state index >= 15 is 0 Å². The van der Waals surface area contributed by atoms with Crippen molar-refractivity contribution in [1.82, 2.24) is 10.3 Å². The van der Waals surface area contributed by atoms with Crippen molar-refractivity contribution < 1.29 is 14.3 Å². The normalized spacial score (nSPS) is 15.6. The Bertz CT molecular complexity index is 1030. The first-order chi connectivity index (χ1) is 13.3. The van der Waals surface area contributed by atoms with E-state index in [-0.39, 0.29) is 5.91 Å². The third kappa shape index (κ3) is 3.10. The fraction of sp³-hybridized carbons (Fsp3) is 0.273. The van der Waals surface area contributed by atoms with Gasteiger partial charge >= 0.3 is 0 Å². The summed E-state index contributed by atoms with van der Waals surface area (Å²) < 4.78 is 11.4. The smallest absolute Gasteiger partial charge is 0.252 e. The van der Waals surface area contributed by atoms with E-state index in [9.17, 15) is 4.79 Å². The lowest BCUT2D eigenvalue weighted by atomic mass is 10.0. The van der Waals surface area contributed by atoms with Gasteiger partial charge in [-0.2, -0.15) is 0 Å². The number of aromatic nitrogens is 1. The molecule has 5 rings (SSSR count). The fourth-order valence-electron chi connectivity index (χ4n) is 3.52. The van der Waals surface area contributed by atoms with Crippen molar-refractivity contribution in [1.29, 1.82) is 0 Å². The summed E-state index contributed by atoms with van der Waals surface area (Å²) in [7, 11) is 0. The van der Waals surface area contributed by atoms with E-state index < -0.39 is 0 Å². The molecule has 0 radical (unpaired) electrons. The van der Waals surface area contributed by atoms with Gasteiger partial charge in [0.1, 0.15) is 13.2 Å². The van der Waals surface area contributed by atoms with Crippen LogP contribution in [0.3, 0.4) is 0 Å². The van der Waals surface area contributed by atoms with Crippen molar-refractivity contribution in [2.45, 2.75) is 25.3 Å². The van der Waals surface area contributed by atoms with E-state index in [1.165, 1.54) is 0 Å². The predicted octanol–water partition coefficient (Wildman–Crippen LogP) is 3.81. The van der Waals surface area contributed by atoms with Crippen LogP contribution in [0.15, 0.2) is 48.5 Å². The number of hydrogen-bond acceptors (Lipinski definition) is 4. The predicted molar refractivity (Wildman–Crippen MR) is 102 cm³/mol. The van der Waals surface area contributed by atoms with Crippen LogP contribution in [-0.4, -0.2) is 24.1 Å². The second-order valence-electron chi connectivity index (χ2n) is 7.01. The van der Waals surface area contributed by atoms with E-state index in [0.29, 0.717) is 31.2 Å². The molecular formula is C22H20N2O3. The van der Waals surface area contributed by atoms with Gasteiger partial charge in [0.25, 0.3) is 5.91 Å². The number of hydrogen-bond donors (Lipinski definition) is 1. The minimum absolute atomic E-state index is 0.0927.